The van der Waals surface area contributed by atoms with Crippen LogP contribution in [0.1, 0.15) is 62.6 Å². The summed E-state index contributed by atoms with van der Waals surface area (Å²) in [5.74, 6) is -1.78. The smallest absolute Gasteiger partial charge is 0.323 e. The lowest BCUT2D eigenvalue weighted by atomic mass is 10.0. The minimum atomic E-state index is -4.48. The first-order chi connectivity index (χ1) is 18.9. The van der Waals surface area contributed by atoms with E-state index in [4.69, 9.17) is 4.42 Å². The lowest BCUT2D eigenvalue weighted by molar-refractivity contribution is -0.646. The van der Waals surface area contributed by atoms with Crippen molar-refractivity contribution >= 4 is 38.6 Å². The van der Waals surface area contributed by atoms with Gasteiger partial charge in [-0.15, -0.1) is 0 Å². The van der Waals surface area contributed by atoms with Crippen LogP contribution in [0.3, 0.4) is 0 Å². The van der Waals surface area contributed by atoms with Gasteiger partial charge in [-0.1, -0.05) is 32.0 Å². The Morgan fingerprint density at radius 3 is 2.55 bits per heavy atom. The first kappa shape index (κ1) is 29.2. The molecule has 11 nitrogen and oxygen atoms in total. The van der Waals surface area contributed by atoms with Crippen molar-refractivity contribution in [3.05, 3.63) is 65.2 Å². The molecule has 1 aromatic carbocycles. The van der Waals surface area contributed by atoms with Gasteiger partial charge < -0.3 is 20.3 Å². The molecule has 1 aliphatic heterocycles. The highest BCUT2D eigenvalue weighted by molar-refractivity contribution is 7.89. The summed E-state index contributed by atoms with van der Waals surface area (Å²) >= 11 is 0. The largest absolute Gasteiger partial charge is 0.618 e. The molecule has 3 heterocycles. The minimum absolute atomic E-state index is 0.0276. The van der Waals surface area contributed by atoms with E-state index in [0.29, 0.717) is 24.0 Å². The number of furan rings is 1. The minimum Gasteiger partial charge on any atom is -0.618 e. The van der Waals surface area contributed by atoms with Gasteiger partial charge in [0.1, 0.15) is 11.6 Å². The van der Waals surface area contributed by atoms with Gasteiger partial charge in [-0.2, -0.15) is 9.04 Å². The number of Topliss-reactive ketones (excluding diaryl/α,β-unsaturated/α-hetero) is 1. The summed E-state index contributed by atoms with van der Waals surface area (Å²) in [6, 6.07) is 9.38. The number of carbonyl (C=O) groups is 3. The number of carbonyl (C=O) groups excluding carboxylic acids is 3. The Bertz CT molecular complexity index is 1530. The van der Waals surface area contributed by atoms with E-state index in [9.17, 15) is 28.0 Å². The predicted molar refractivity (Wildman–Crippen MR) is 146 cm³/mol. The Labute approximate surface area is 233 Å². The zero-order valence-corrected chi connectivity index (χ0v) is 23.7. The second-order valence-electron chi connectivity index (χ2n) is 10.5. The number of nitrogens with zero attached hydrogens (tertiary/aromatic N) is 2. The molecule has 2 N–H and O–H groups in total. The van der Waals surface area contributed by atoms with Crippen LogP contribution in [0.5, 0.6) is 0 Å². The van der Waals surface area contributed by atoms with Crippen molar-refractivity contribution in [3.8, 4) is 0 Å². The fraction of sp³-hybridized carbons (Fsp3) is 0.429. The average Bonchev–Trinajstić information content (AvgIpc) is 3.16. The number of rotatable bonds is 8. The number of amides is 2. The van der Waals surface area contributed by atoms with Crippen LogP contribution in [-0.4, -0.2) is 48.6 Å². The Morgan fingerprint density at radius 2 is 1.88 bits per heavy atom. The highest BCUT2D eigenvalue weighted by atomic mass is 32.2. The number of para-hydroxylation sites is 1. The monoisotopic (exact) mass is 570 g/mol. The van der Waals surface area contributed by atoms with Crippen molar-refractivity contribution in [1.29, 1.82) is 0 Å². The number of hydrogen-bond acceptors (Lipinski definition) is 7. The van der Waals surface area contributed by atoms with Crippen LogP contribution in [0.25, 0.3) is 11.0 Å². The molecule has 0 radical (unpaired) electrons. The topological polar surface area (TPSA) is 153 Å². The first-order valence-corrected chi connectivity index (χ1v) is 14.7. The Kier molecular flexibility index (Phi) is 8.59. The Morgan fingerprint density at radius 1 is 1.18 bits per heavy atom. The molecule has 12 heteroatoms. The van der Waals surface area contributed by atoms with Gasteiger partial charge in [0.05, 0.1) is 0 Å². The number of fused-ring (bicyclic) bond motifs is 1. The lowest BCUT2D eigenvalue weighted by Crippen LogP contribution is -2.61. The van der Waals surface area contributed by atoms with Crippen LogP contribution < -0.4 is 15.4 Å². The fourth-order valence-corrected chi connectivity index (χ4v) is 6.81. The van der Waals surface area contributed by atoms with Crippen molar-refractivity contribution in [2.24, 2.45) is 5.92 Å². The maximum Gasteiger partial charge on any atom is 0.323 e. The van der Waals surface area contributed by atoms with Gasteiger partial charge in [-0.05, 0) is 51.2 Å². The van der Waals surface area contributed by atoms with Crippen LogP contribution in [-0.2, 0) is 19.6 Å². The number of hydrogen-bond donors (Lipinski definition) is 2. The van der Waals surface area contributed by atoms with Crippen molar-refractivity contribution in [2.45, 2.75) is 76.7 Å². The Hall–Kier alpha value is -3.77. The van der Waals surface area contributed by atoms with Crippen LogP contribution in [0.4, 0.5) is 0 Å². The third kappa shape index (κ3) is 5.87. The number of aryl methyl sites for hydroxylation is 1. The van der Waals surface area contributed by atoms with E-state index in [2.05, 4.69) is 10.6 Å². The molecule has 1 fully saturated rings. The fourth-order valence-electron chi connectivity index (χ4n) is 5.03. The molecule has 0 bridgehead atoms. The van der Waals surface area contributed by atoms with Crippen molar-refractivity contribution < 1.29 is 31.9 Å². The molecule has 214 valence electrons. The van der Waals surface area contributed by atoms with Crippen LogP contribution >= 0.6 is 0 Å². The molecule has 4 rings (SSSR count). The van der Waals surface area contributed by atoms with Gasteiger partial charge >= 0.3 is 15.0 Å². The molecule has 1 unspecified atom stereocenters. The highest BCUT2D eigenvalue weighted by Gasteiger charge is 2.45. The summed E-state index contributed by atoms with van der Waals surface area (Å²) < 4.78 is 34.2. The van der Waals surface area contributed by atoms with Gasteiger partial charge in [0.15, 0.2) is 23.9 Å². The van der Waals surface area contributed by atoms with Gasteiger partial charge in [-0.3, -0.25) is 14.4 Å². The average molecular weight is 571 g/mol. The highest BCUT2D eigenvalue weighted by Crippen LogP contribution is 2.27. The van der Waals surface area contributed by atoms with E-state index >= 15 is 0 Å². The summed E-state index contributed by atoms with van der Waals surface area (Å²) in [7, 11) is -4.48. The summed E-state index contributed by atoms with van der Waals surface area (Å²) in [6.45, 7) is 7.12. The molecule has 40 heavy (non-hydrogen) atoms. The number of aromatic nitrogens is 1. The van der Waals surface area contributed by atoms with E-state index in [1.54, 1.807) is 26.0 Å². The molecule has 0 spiro atoms. The van der Waals surface area contributed by atoms with Crippen LogP contribution in [0.2, 0.25) is 0 Å². The molecule has 3 aromatic rings. The second-order valence-corrected chi connectivity index (χ2v) is 12.3. The van der Waals surface area contributed by atoms with E-state index in [1.165, 1.54) is 12.1 Å². The van der Waals surface area contributed by atoms with Gasteiger partial charge in [0.25, 0.3) is 5.91 Å². The molecule has 2 amide bonds. The first-order valence-electron chi connectivity index (χ1n) is 13.3. The molecule has 1 saturated heterocycles. The van der Waals surface area contributed by atoms with Gasteiger partial charge in [-0.25, -0.2) is 8.42 Å². The SMILES string of the molecule is Cc1c(C(=O)NC(CC(C)C)C(=O)N[C@@H]2C(=O)CCC[C@@H](C)N2S(=O)(=O)c2cccc[n+]2[O-])oc2ccccc12. The maximum atomic E-state index is 13.7. The molecule has 2 aromatic heterocycles. The molecule has 3 atom stereocenters. The zero-order valence-electron chi connectivity index (χ0n) is 22.9. The normalized spacial score (nSPS) is 19.4. The van der Waals surface area contributed by atoms with Crippen LogP contribution in [0.15, 0.2) is 58.1 Å². The number of nitrogens with one attached hydrogen (secondary N) is 2. The van der Waals surface area contributed by atoms with Crippen molar-refractivity contribution in [2.75, 3.05) is 0 Å². The summed E-state index contributed by atoms with van der Waals surface area (Å²) in [5.41, 5.74) is 1.15. The molecule has 1 aliphatic rings. The maximum absolute atomic E-state index is 13.7. The molecule has 0 aliphatic carbocycles. The molecular formula is C28H34N4O7S. The van der Waals surface area contributed by atoms with Crippen LogP contribution in [0, 0.1) is 18.0 Å². The molecule has 0 saturated carbocycles. The second kappa shape index (κ2) is 11.8. The standard InChI is InChI=1S/C28H34N4O7S/c1-17(2)16-21(29-28(35)25-19(4)20-11-5-6-13-23(20)39-25)27(34)30-26-22(33)12-9-10-18(3)32(26)40(37,38)24-14-7-8-15-31(24)36/h5-8,11,13-15,17-18,21,26H,9-10,12,16H2,1-4H3,(H,29,35)(H,30,34)/t18-,21?,26+/m1/s1. The third-order valence-corrected chi connectivity index (χ3v) is 9.00. The quantitative estimate of drug-likeness (QED) is 0.312. The van der Waals surface area contributed by atoms with E-state index in [0.717, 1.165) is 22.0 Å². The molecular weight excluding hydrogens is 536 g/mol. The summed E-state index contributed by atoms with van der Waals surface area (Å²) in [5, 5.41) is 17.9. The Balaban J connectivity index is 1.64. The summed E-state index contributed by atoms with van der Waals surface area (Å²) in [4.78, 5) is 40.1. The number of pyridine rings is 1. The van der Waals surface area contributed by atoms with Crippen molar-refractivity contribution in [1.82, 2.24) is 14.9 Å². The number of benzene rings is 1. The van der Waals surface area contributed by atoms with E-state index in [1.807, 2.05) is 26.0 Å². The van der Waals surface area contributed by atoms with E-state index in [-0.39, 0.29) is 29.3 Å². The lowest BCUT2D eigenvalue weighted by Gasteiger charge is -2.33. The number of ketones is 1. The summed E-state index contributed by atoms with van der Waals surface area (Å²) in [6.07, 6.45) is 0.558. The zero-order chi connectivity index (χ0) is 29.2. The van der Waals surface area contributed by atoms with Gasteiger partial charge in [0.2, 0.25) is 5.91 Å². The van der Waals surface area contributed by atoms with Gasteiger partial charge in [0, 0.05) is 35.5 Å². The third-order valence-electron chi connectivity index (χ3n) is 7.03. The number of sulfonamides is 1. The van der Waals surface area contributed by atoms with E-state index < -0.39 is 50.9 Å². The predicted octanol–water partition coefficient (Wildman–Crippen LogP) is 2.79. The van der Waals surface area contributed by atoms with Crippen molar-refractivity contribution in [3.63, 3.8) is 0 Å².